The maximum Gasteiger partial charge on any atom is 0.152 e. The van der Waals surface area contributed by atoms with Gasteiger partial charge in [-0.1, -0.05) is 6.92 Å². The number of nitrogen functional groups attached to an aromatic ring is 1. The van der Waals surface area contributed by atoms with E-state index in [-0.39, 0.29) is 0 Å². The fraction of sp³-hybridized carbons (Fsp3) is 0.583. The highest BCUT2D eigenvalue weighted by molar-refractivity contribution is 5.63. The van der Waals surface area contributed by atoms with Crippen LogP contribution in [0.25, 0.3) is 0 Å². The largest absolute Gasteiger partial charge is 0.396 e. The van der Waals surface area contributed by atoms with Crippen molar-refractivity contribution in [1.82, 2.24) is 4.98 Å². The minimum Gasteiger partial charge on any atom is -0.396 e. The molecule has 1 aromatic rings. The summed E-state index contributed by atoms with van der Waals surface area (Å²) < 4.78 is 0. The molecule has 82 valence electrons. The lowest BCUT2D eigenvalue weighted by atomic mass is 10.1. The van der Waals surface area contributed by atoms with Crippen molar-refractivity contribution in [3.63, 3.8) is 0 Å². The molecule has 1 aromatic heterocycles. The molecule has 1 fully saturated rings. The highest BCUT2D eigenvalue weighted by atomic mass is 15.3. The molecule has 0 spiro atoms. The summed E-state index contributed by atoms with van der Waals surface area (Å²) in [4.78, 5) is 6.79. The zero-order valence-corrected chi connectivity index (χ0v) is 9.48. The molecule has 1 saturated heterocycles. The molecule has 2 rings (SSSR count). The Morgan fingerprint density at radius 2 is 2.33 bits per heavy atom. The van der Waals surface area contributed by atoms with Crippen LogP contribution in [0, 0.1) is 0 Å². The van der Waals surface area contributed by atoms with Crippen LogP contribution in [0.2, 0.25) is 0 Å². The Morgan fingerprint density at radius 1 is 1.53 bits per heavy atom. The quantitative estimate of drug-likeness (QED) is 0.806. The van der Waals surface area contributed by atoms with Crippen molar-refractivity contribution in [2.75, 3.05) is 10.6 Å². The molecule has 2 unspecified atom stereocenters. The van der Waals surface area contributed by atoms with Gasteiger partial charge in [0.15, 0.2) is 5.82 Å². The Kier molecular flexibility index (Phi) is 2.80. The lowest BCUT2D eigenvalue weighted by Gasteiger charge is -2.29. The van der Waals surface area contributed by atoms with Crippen LogP contribution in [0.3, 0.4) is 0 Å². The van der Waals surface area contributed by atoms with E-state index in [1.54, 1.807) is 0 Å². The first-order chi connectivity index (χ1) is 7.24. The third kappa shape index (κ3) is 1.78. The van der Waals surface area contributed by atoms with Gasteiger partial charge >= 0.3 is 0 Å². The number of anilines is 2. The molecule has 1 aliphatic heterocycles. The van der Waals surface area contributed by atoms with Crippen molar-refractivity contribution in [3.8, 4) is 0 Å². The van der Waals surface area contributed by atoms with E-state index < -0.39 is 0 Å². The second kappa shape index (κ2) is 4.09. The average molecular weight is 205 g/mol. The summed E-state index contributed by atoms with van der Waals surface area (Å²) in [6.45, 7) is 4.48. The van der Waals surface area contributed by atoms with Gasteiger partial charge < -0.3 is 10.6 Å². The zero-order valence-electron chi connectivity index (χ0n) is 9.48. The molecule has 0 saturated carbocycles. The van der Waals surface area contributed by atoms with E-state index in [1.165, 1.54) is 19.3 Å². The highest BCUT2D eigenvalue weighted by Crippen LogP contribution is 2.33. The third-order valence-corrected chi connectivity index (χ3v) is 3.32. The molecule has 0 amide bonds. The van der Waals surface area contributed by atoms with E-state index in [9.17, 15) is 0 Å². The van der Waals surface area contributed by atoms with Gasteiger partial charge in [-0.3, -0.25) is 0 Å². The predicted octanol–water partition coefficient (Wildman–Crippen LogP) is 2.43. The fourth-order valence-electron chi connectivity index (χ4n) is 2.48. The van der Waals surface area contributed by atoms with Crippen LogP contribution in [0.4, 0.5) is 11.5 Å². The first-order valence-corrected chi connectivity index (χ1v) is 5.73. The molecule has 0 aromatic carbocycles. The molecular formula is C12H19N3. The Labute approximate surface area is 91.3 Å². The van der Waals surface area contributed by atoms with Crippen LogP contribution in [-0.4, -0.2) is 17.1 Å². The number of hydrogen-bond donors (Lipinski definition) is 1. The summed E-state index contributed by atoms with van der Waals surface area (Å²) in [5, 5.41) is 0. The van der Waals surface area contributed by atoms with Crippen molar-refractivity contribution in [2.24, 2.45) is 0 Å². The average Bonchev–Trinajstić information content (AvgIpc) is 2.60. The minimum absolute atomic E-state index is 0.562. The van der Waals surface area contributed by atoms with Crippen LogP contribution < -0.4 is 10.6 Å². The summed E-state index contributed by atoms with van der Waals surface area (Å²) in [7, 11) is 0. The topological polar surface area (TPSA) is 42.2 Å². The molecule has 1 aliphatic rings. The van der Waals surface area contributed by atoms with Gasteiger partial charge in [-0.05, 0) is 38.3 Å². The van der Waals surface area contributed by atoms with E-state index >= 15 is 0 Å². The van der Waals surface area contributed by atoms with Crippen LogP contribution in [-0.2, 0) is 0 Å². The van der Waals surface area contributed by atoms with E-state index in [1.807, 2.05) is 18.3 Å². The first kappa shape index (κ1) is 10.3. The van der Waals surface area contributed by atoms with Crippen LogP contribution in [0.1, 0.15) is 33.1 Å². The van der Waals surface area contributed by atoms with Crippen LogP contribution in [0.15, 0.2) is 18.3 Å². The standard InChI is InChI=1S/C12H19N3/c1-3-10-7-6-9(2)15(10)12-11(13)5-4-8-14-12/h4-5,8-10H,3,6-7,13H2,1-2H3. The highest BCUT2D eigenvalue weighted by Gasteiger charge is 2.31. The molecular weight excluding hydrogens is 186 g/mol. The van der Waals surface area contributed by atoms with Gasteiger partial charge in [0.05, 0.1) is 5.69 Å². The molecule has 0 aliphatic carbocycles. The normalized spacial score (nSPS) is 25.9. The number of nitrogens with two attached hydrogens (primary N) is 1. The molecule has 2 N–H and O–H groups in total. The molecule has 0 radical (unpaired) electrons. The molecule has 3 heteroatoms. The van der Waals surface area contributed by atoms with E-state index in [0.717, 1.165) is 11.5 Å². The number of hydrogen-bond acceptors (Lipinski definition) is 3. The van der Waals surface area contributed by atoms with Gasteiger partial charge in [-0.2, -0.15) is 0 Å². The Balaban J connectivity index is 2.32. The monoisotopic (exact) mass is 205 g/mol. The van der Waals surface area contributed by atoms with Crippen molar-refractivity contribution in [1.29, 1.82) is 0 Å². The molecule has 2 atom stereocenters. The van der Waals surface area contributed by atoms with Crippen molar-refractivity contribution < 1.29 is 0 Å². The van der Waals surface area contributed by atoms with Gasteiger partial charge in [0.25, 0.3) is 0 Å². The van der Waals surface area contributed by atoms with E-state index in [0.29, 0.717) is 12.1 Å². The van der Waals surface area contributed by atoms with E-state index in [4.69, 9.17) is 5.73 Å². The van der Waals surface area contributed by atoms with Gasteiger partial charge in [0.2, 0.25) is 0 Å². The summed E-state index contributed by atoms with van der Waals surface area (Å²) in [5.74, 6) is 0.967. The van der Waals surface area contributed by atoms with Gasteiger partial charge in [-0.15, -0.1) is 0 Å². The lowest BCUT2D eigenvalue weighted by Crippen LogP contribution is -2.35. The number of pyridine rings is 1. The number of aromatic nitrogens is 1. The van der Waals surface area contributed by atoms with Crippen molar-refractivity contribution >= 4 is 11.5 Å². The number of rotatable bonds is 2. The summed E-state index contributed by atoms with van der Waals surface area (Å²) >= 11 is 0. The Morgan fingerprint density at radius 3 is 3.00 bits per heavy atom. The molecule has 3 nitrogen and oxygen atoms in total. The summed E-state index contributed by atoms with van der Waals surface area (Å²) in [5.41, 5.74) is 6.77. The lowest BCUT2D eigenvalue weighted by molar-refractivity contribution is 0.622. The second-order valence-electron chi connectivity index (χ2n) is 4.31. The van der Waals surface area contributed by atoms with Crippen LogP contribution >= 0.6 is 0 Å². The second-order valence-corrected chi connectivity index (χ2v) is 4.31. The predicted molar refractivity (Wildman–Crippen MR) is 63.9 cm³/mol. The smallest absolute Gasteiger partial charge is 0.152 e. The van der Waals surface area contributed by atoms with Crippen molar-refractivity contribution in [2.45, 2.75) is 45.2 Å². The Hall–Kier alpha value is -1.25. The fourth-order valence-corrected chi connectivity index (χ4v) is 2.48. The SMILES string of the molecule is CCC1CCC(C)N1c1ncccc1N. The van der Waals surface area contributed by atoms with Gasteiger partial charge in [0.1, 0.15) is 0 Å². The van der Waals surface area contributed by atoms with Crippen LogP contribution in [0.5, 0.6) is 0 Å². The minimum atomic E-state index is 0.562. The third-order valence-electron chi connectivity index (χ3n) is 3.32. The van der Waals surface area contributed by atoms with Crippen molar-refractivity contribution in [3.05, 3.63) is 18.3 Å². The first-order valence-electron chi connectivity index (χ1n) is 5.73. The molecule has 0 bridgehead atoms. The zero-order chi connectivity index (χ0) is 10.8. The van der Waals surface area contributed by atoms with Gasteiger partial charge in [0, 0.05) is 18.3 Å². The summed E-state index contributed by atoms with van der Waals surface area (Å²) in [6, 6.07) is 4.99. The molecule has 2 heterocycles. The maximum atomic E-state index is 5.98. The van der Waals surface area contributed by atoms with E-state index in [2.05, 4.69) is 23.7 Å². The summed E-state index contributed by atoms with van der Waals surface area (Å²) in [6.07, 6.45) is 5.49. The van der Waals surface area contributed by atoms with Gasteiger partial charge in [-0.25, -0.2) is 4.98 Å². The Bertz CT molecular complexity index is 337. The number of nitrogens with zero attached hydrogens (tertiary/aromatic N) is 2. The maximum absolute atomic E-state index is 5.98. The molecule has 15 heavy (non-hydrogen) atoms.